The van der Waals surface area contributed by atoms with Gasteiger partial charge in [-0.25, -0.2) is 9.97 Å². The van der Waals surface area contributed by atoms with Gasteiger partial charge in [0.15, 0.2) is 0 Å². The molecule has 1 fully saturated rings. The summed E-state index contributed by atoms with van der Waals surface area (Å²) in [5.74, 6) is 0.147. The number of methoxy groups -OCH3 is 1. The zero-order valence-electron chi connectivity index (χ0n) is 25.8. The molecular formula is C31H42ClN7O4. The SMILES string of the molecule is CNC(C)C(=O)NC(C(=O)N1CCCC1C(=O)Nc1cc2c(Nc3ccccc3C)ncnc2cc1OC)C(C)(C)C.Cl. The van der Waals surface area contributed by atoms with Gasteiger partial charge in [-0.3, -0.25) is 14.4 Å². The predicted octanol–water partition coefficient (Wildman–Crippen LogP) is 4.18. The molecule has 4 N–H and O–H groups in total. The Morgan fingerprint density at radius 3 is 2.47 bits per heavy atom. The number of likely N-dealkylation sites (tertiary alicyclic amines) is 1. The second-order valence-corrected chi connectivity index (χ2v) is 11.7. The number of hydrogen-bond donors (Lipinski definition) is 4. The Balaban J connectivity index is 0.00000506. The van der Waals surface area contributed by atoms with Gasteiger partial charge in [0.25, 0.3) is 0 Å². The van der Waals surface area contributed by atoms with E-state index in [1.165, 1.54) is 13.4 Å². The average Bonchev–Trinajstić information content (AvgIpc) is 3.46. The Morgan fingerprint density at radius 1 is 1.09 bits per heavy atom. The first kappa shape index (κ1) is 33.5. The van der Waals surface area contributed by atoms with Crippen LogP contribution in [0.5, 0.6) is 5.75 Å². The second kappa shape index (κ2) is 14.0. The van der Waals surface area contributed by atoms with Crippen molar-refractivity contribution in [3.63, 3.8) is 0 Å². The maximum Gasteiger partial charge on any atom is 0.247 e. The van der Waals surface area contributed by atoms with Crippen molar-refractivity contribution >= 4 is 58.2 Å². The van der Waals surface area contributed by atoms with Crippen LogP contribution in [-0.2, 0) is 14.4 Å². The van der Waals surface area contributed by atoms with Crippen LogP contribution < -0.4 is 26.0 Å². The molecule has 0 spiro atoms. The molecule has 3 unspecified atom stereocenters. The van der Waals surface area contributed by atoms with E-state index in [1.807, 2.05) is 52.0 Å². The molecule has 2 heterocycles. The van der Waals surface area contributed by atoms with Crippen molar-refractivity contribution in [1.82, 2.24) is 25.5 Å². The topological polar surface area (TPSA) is 138 Å². The number of halogens is 1. The third-order valence-corrected chi connectivity index (χ3v) is 7.68. The minimum absolute atomic E-state index is 0. The zero-order chi connectivity index (χ0) is 30.6. The number of benzene rings is 2. The smallest absolute Gasteiger partial charge is 0.247 e. The van der Waals surface area contributed by atoms with E-state index in [0.29, 0.717) is 47.5 Å². The zero-order valence-corrected chi connectivity index (χ0v) is 26.6. The second-order valence-electron chi connectivity index (χ2n) is 11.7. The number of amides is 3. The van der Waals surface area contributed by atoms with E-state index in [2.05, 4.69) is 31.2 Å². The molecule has 4 rings (SSSR count). The molecule has 1 aliphatic heterocycles. The number of carbonyl (C=O) groups is 3. The number of anilines is 3. The largest absolute Gasteiger partial charge is 0.494 e. The minimum Gasteiger partial charge on any atom is -0.494 e. The van der Waals surface area contributed by atoms with Crippen LogP contribution in [0.4, 0.5) is 17.2 Å². The van der Waals surface area contributed by atoms with Gasteiger partial charge >= 0.3 is 0 Å². The highest BCUT2D eigenvalue weighted by Crippen LogP contribution is 2.34. The summed E-state index contributed by atoms with van der Waals surface area (Å²) in [6, 6.07) is 9.46. The summed E-state index contributed by atoms with van der Waals surface area (Å²) in [5.41, 5.74) is 2.49. The van der Waals surface area contributed by atoms with Crippen molar-refractivity contribution in [3.8, 4) is 5.75 Å². The number of ether oxygens (including phenoxy) is 1. The molecule has 3 amide bonds. The number of hydrogen-bond acceptors (Lipinski definition) is 8. The van der Waals surface area contributed by atoms with Crippen LogP contribution in [0, 0.1) is 12.3 Å². The summed E-state index contributed by atoms with van der Waals surface area (Å²) in [7, 11) is 3.21. The first-order valence-corrected chi connectivity index (χ1v) is 14.2. The fourth-order valence-electron chi connectivity index (χ4n) is 5.02. The molecule has 12 heteroatoms. The molecule has 0 aliphatic carbocycles. The summed E-state index contributed by atoms with van der Waals surface area (Å²) < 4.78 is 5.60. The summed E-state index contributed by atoms with van der Waals surface area (Å²) in [6.45, 7) is 9.86. The van der Waals surface area contributed by atoms with Gasteiger partial charge in [0, 0.05) is 23.7 Å². The molecule has 43 heavy (non-hydrogen) atoms. The van der Waals surface area contributed by atoms with Crippen LogP contribution in [0.2, 0.25) is 0 Å². The molecule has 11 nitrogen and oxygen atoms in total. The van der Waals surface area contributed by atoms with E-state index in [4.69, 9.17) is 4.74 Å². The number of likely N-dealkylation sites (N-methyl/N-ethyl adjacent to an activating group) is 1. The first-order valence-electron chi connectivity index (χ1n) is 14.2. The van der Waals surface area contributed by atoms with E-state index >= 15 is 0 Å². The molecule has 232 valence electrons. The number of rotatable bonds is 9. The third kappa shape index (κ3) is 7.52. The van der Waals surface area contributed by atoms with Crippen LogP contribution >= 0.6 is 12.4 Å². The van der Waals surface area contributed by atoms with Crippen LogP contribution in [0.25, 0.3) is 10.9 Å². The minimum atomic E-state index is -0.795. The van der Waals surface area contributed by atoms with Crippen molar-refractivity contribution in [2.75, 3.05) is 31.3 Å². The molecule has 2 aromatic carbocycles. The summed E-state index contributed by atoms with van der Waals surface area (Å²) >= 11 is 0. The lowest BCUT2D eigenvalue weighted by molar-refractivity contribution is -0.143. The normalized spacial score (nSPS) is 16.2. The third-order valence-electron chi connectivity index (χ3n) is 7.68. The summed E-state index contributed by atoms with van der Waals surface area (Å²) in [6.07, 6.45) is 2.66. The van der Waals surface area contributed by atoms with Gasteiger partial charge in [-0.1, -0.05) is 39.0 Å². The maximum atomic E-state index is 13.8. The highest BCUT2D eigenvalue weighted by molar-refractivity contribution is 6.03. The highest BCUT2D eigenvalue weighted by Gasteiger charge is 2.42. The molecule has 1 aromatic heterocycles. The number of nitrogens with zero attached hydrogens (tertiary/aromatic N) is 3. The van der Waals surface area contributed by atoms with E-state index < -0.39 is 23.5 Å². The Kier molecular flexibility index (Phi) is 10.9. The quantitative estimate of drug-likeness (QED) is 0.283. The number of fused-ring (bicyclic) bond motifs is 1. The van der Waals surface area contributed by atoms with E-state index in [9.17, 15) is 14.4 Å². The van der Waals surface area contributed by atoms with Crippen molar-refractivity contribution in [2.45, 2.75) is 65.6 Å². The number of carbonyl (C=O) groups excluding carboxylic acids is 3. The number of aryl methyl sites for hydroxylation is 1. The van der Waals surface area contributed by atoms with Crippen molar-refractivity contribution in [1.29, 1.82) is 0 Å². The fourth-order valence-corrected chi connectivity index (χ4v) is 5.02. The summed E-state index contributed by atoms with van der Waals surface area (Å²) in [4.78, 5) is 50.6. The van der Waals surface area contributed by atoms with Crippen LogP contribution in [0.15, 0.2) is 42.7 Å². The van der Waals surface area contributed by atoms with Crippen LogP contribution in [0.1, 0.15) is 46.1 Å². The molecule has 3 aromatic rings. The Morgan fingerprint density at radius 2 is 1.81 bits per heavy atom. The lowest BCUT2D eigenvalue weighted by atomic mass is 9.85. The van der Waals surface area contributed by atoms with Crippen molar-refractivity contribution < 1.29 is 19.1 Å². The van der Waals surface area contributed by atoms with Gasteiger partial charge < -0.3 is 30.9 Å². The van der Waals surface area contributed by atoms with E-state index in [1.54, 1.807) is 31.0 Å². The molecular weight excluding hydrogens is 570 g/mol. The fraction of sp³-hybridized carbons (Fsp3) is 0.452. The molecule has 0 bridgehead atoms. The lowest BCUT2D eigenvalue weighted by Gasteiger charge is -2.36. The molecule has 1 saturated heterocycles. The van der Waals surface area contributed by atoms with Gasteiger partial charge in [-0.15, -0.1) is 12.4 Å². The van der Waals surface area contributed by atoms with E-state index in [-0.39, 0.29) is 30.1 Å². The summed E-state index contributed by atoms with van der Waals surface area (Å²) in [5, 5.41) is 12.9. The van der Waals surface area contributed by atoms with Gasteiger partial charge in [-0.05, 0) is 56.8 Å². The molecule has 0 saturated carbocycles. The Labute approximate surface area is 259 Å². The monoisotopic (exact) mass is 611 g/mol. The van der Waals surface area contributed by atoms with Gasteiger partial charge in [0.1, 0.15) is 30.0 Å². The Bertz CT molecular complexity index is 1480. The van der Waals surface area contributed by atoms with Gasteiger partial charge in [-0.2, -0.15) is 0 Å². The van der Waals surface area contributed by atoms with E-state index in [0.717, 1.165) is 11.3 Å². The van der Waals surface area contributed by atoms with Gasteiger partial charge in [0.2, 0.25) is 17.7 Å². The number of aromatic nitrogens is 2. The number of para-hydroxylation sites is 1. The molecule has 1 aliphatic rings. The predicted molar refractivity (Wildman–Crippen MR) is 171 cm³/mol. The van der Waals surface area contributed by atoms with Crippen LogP contribution in [-0.4, -0.2) is 71.4 Å². The standard InChI is InChI=1S/C31H41N7O4.ClH/c1-18-11-8-9-12-21(18)35-27-20-15-23(25(42-7)16-22(20)33-17-34-27)36-29(40)24-13-10-14-38(24)30(41)26(31(3,4)5)37-28(39)19(2)32-6;/h8-9,11-12,15-17,19,24,26,32H,10,13-14H2,1-7H3,(H,36,40)(H,37,39)(H,33,34,35);1H. The van der Waals surface area contributed by atoms with Gasteiger partial charge in [0.05, 0.1) is 24.4 Å². The Hall–Kier alpha value is -3.96. The number of nitrogens with one attached hydrogen (secondary N) is 4. The average molecular weight is 612 g/mol. The van der Waals surface area contributed by atoms with Crippen molar-refractivity contribution in [3.05, 3.63) is 48.3 Å². The molecule has 3 atom stereocenters. The van der Waals surface area contributed by atoms with Crippen LogP contribution in [0.3, 0.4) is 0 Å². The molecule has 0 radical (unpaired) electrons. The lowest BCUT2D eigenvalue weighted by Crippen LogP contribution is -2.59. The maximum absolute atomic E-state index is 13.8. The first-order chi connectivity index (χ1) is 19.9. The van der Waals surface area contributed by atoms with Crippen molar-refractivity contribution in [2.24, 2.45) is 5.41 Å². The highest BCUT2D eigenvalue weighted by atomic mass is 35.5.